The van der Waals surface area contributed by atoms with E-state index in [0.717, 1.165) is 23.7 Å². The van der Waals surface area contributed by atoms with Crippen molar-refractivity contribution in [2.75, 3.05) is 0 Å². The molecule has 3 aliphatic carbocycles. The molecule has 3 aliphatic rings. The molecule has 5 unspecified atom stereocenters. The summed E-state index contributed by atoms with van der Waals surface area (Å²) in [5, 5.41) is 0. The number of benzene rings is 1. The predicted octanol–water partition coefficient (Wildman–Crippen LogP) is 5.24. The first-order valence-electron chi connectivity index (χ1n) is 10.3. The van der Waals surface area contributed by atoms with Gasteiger partial charge in [-0.05, 0) is 92.1 Å². The molecule has 0 amide bonds. The normalized spacial score (nSPS) is 37.3. The van der Waals surface area contributed by atoms with E-state index < -0.39 is 0 Å². The van der Waals surface area contributed by atoms with Crippen LogP contribution in [0.5, 0.6) is 0 Å². The van der Waals surface area contributed by atoms with Crippen LogP contribution >= 0.6 is 0 Å². The summed E-state index contributed by atoms with van der Waals surface area (Å²) in [5.74, 6) is 3.64. The number of fused-ring (bicyclic) bond motifs is 5. The molecular formula is C23H33B. The Balaban J connectivity index is 1.62. The number of hydrogen-bond acceptors (Lipinski definition) is 0. The maximum Gasteiger partial charge on any atom is 0.154 e. The van der Waals surface area contributed by atoms with Crippen molar-refractivity contribution >= 4 is 12.7 Å². The van der Waals surface area contributed by atoms with Crippen LogP contribution in [-0.2, 0) is 6.42 Å². The second-order valence-corrected chi connectivity index (χ2v) is 9.28. The fourth-order valence-electron chi connectivity index (χ4n) is 6.72. The third-order valence-electron chi connectivity index (χ3n) is 7.99. The SMILES string of the molecule is C=C(C)CC1CCC2C3CCc4cc(BC)ccc4C3CCC12C. The van der Waals surface area contributed by atoms with Crippen LogP contribution in [-0.4, -0.2) is 7.28 Å². The molecule has 0 N–H and O–H groups in total. The largest absolute Gasteiger partial charge is 0.154 e. The Labute approximate surface area is 149 Å². The molecule has 0 bridgehead atoms. The molecular weight excluding hydrogens is 287 g/mol. The van der Waals surface area contributed by atoms with Gasteiger partial charge >= 0.3 is 0 Å². The molecule has 0 aromatic heterocycles. The maximum atomic E-state index is 4.21. The molecule has 1 aromatic rings. The van der Waals surface area contributed by atoms with Gasteiger partial charge in [-0.25, -0.2) is 0 Å². The van der Waals surface area contributed by atoms with Crippen LogP contribution in [0.3, 0.4) is 0 Å². The predicted molar refractivity (Wildman–Crippen MR) is 107 cm³/mol. The van der Waals surface area contributed by atoms with Crippen molar-refractivity contribution in [2.24, 2.45) is 23.2 Å². The Bertz CT molecular complexity index is 645. The molecule has 24 heavy (non-hydrogen) atoms. The fraction of sp³-hybridized carbons (Fsp3) is 0.652. The molecule has 128 valence electrons. The Morgan fingerprint density at radius 3 is 2.83 bits per heavy atom. The molecule has 0 radical (unpaired) electrons. The van der Waals surface area contributed by atoms with Crippen molar-refractivity contribution in [2.45, 2.75) is 71.5 Å². The van der Waals surface area contributed by atoms with Crippen LogP contribution in [0.2, 0.25) is 6.82 Å². The lowest BCUT2D eigenvalue weighted by Crippen LogP contribution is -2.42. The Morgan fingerprint density at radius 2 is 2.08 bits per heavy atom. The van der Waals surface area contributed by atoms with Crippen LogP contribution in [0, 0.1) is 23.2 Å². The van der Waals surface area contributed by atoms with Gasteiger partial charge in [-0.2, -0.15) is 0 Å². The van der Waals surface area contributed by atoms with E-state index in [0.29, 0.717) is 5.41 Å². The molecule has 4 rings (SSSR count). The summed E-state index contributed by atoms with van der Waals surface area (Å²) in [4.78, 5) is 0. The van der Waals surface area contributed by atoms with Crippen LogP contribution in [0.1, 0.15) is 69.4 Å². The Kier molecular flexibility index (Phi) is 4.18. The van der Waals surface area contributed by atoms with Gasteiger partial charge in [-0.1, -0.05) is 43.0 Å². The number of hydrogen-bond donors (Lipinski definition) is 0. The highest BCUT2D eigenvalue weighted by molar-refractivity contribution is 6.51. The lowest BCUT2D eigenvalue weighted by Gasteiger charge is -2.51. The number of allylic oxidation sites excluding steroid dienone is 1. The van der Waals surface area contributed by atoms with E-state index in [2.05, 4.69) is 45.4 Å². The third kappa shape index (κ3) is 2.50. The fourth-order valence-corrected chi connectivity index (χ4v) is 6.72. The lowest BCUT2D eigenvalue weighted by atomic mass is 9.53. The van der Waals surface area contributed by atoms with Crippen LogP contribution in [0.4, 0.5) is 0 Å². The van der Waals surface area contributed by atoms with Crippen molar-refractivity contribution in [1.29, 1.82) is 0 Å². The van der Waals surface area contributed by atoms with Crippen molar-refractivity contribution < 1.29 is 0 Å². The summed E-state index contributed by atoms with van der Waals surface area (Å²) in [6.07, 6.45) is 9.79. The average molecular weight is 320 g/mol. The summed E-state index contributed by atoms with van der Waals surface area (Å²) < 4.78 is 0. The Hall–Kier alpha value is -0.975. The molecule has 0 saturated heterocycles. The van der Waals surface area contributed by atoms with Gasteiger partial charge in [0, 0.05) is 0 Å². The van der Waals surface area contributed by atoms with E-state index >= 15 is 0 Å². The van der Waals surface area contributed by atoms with Crippen LogP contribution < -0.4 is 5.46 Å². The molecule has 2 fully saturated rings. The average Bonchev–Trinajstić information content (AvgIpc) is 2.90. The van der Waals surface area contributed by atoms with Gasteiger partial charge in [-0.15, -0.1) is 6.58 Å². The van der Waals surface area contributed by atoms with Gasteiger partial charge in [0.2, 0.25) is 0 Å². The minimum Gasteiger partial charge on any atom is -0.100 e. The summed E-state index contributed by atoms with van der Waals surface area (Å²) in [5.41, 5.74) is 6.89. The first-order valence-corrected chi connectivity index (χ1v) is 10.3. The van der Waals surface area contributed by atoms with E-state index in [4.69, 9.17) is 0 Å². The molecule has 0 nitrogen and oxygen atoms in total. The molecule has 0 heterocycles. The highest BCUT2D eigenvalue weighted by atomic mass is 14.6. The van der Waals surface area contributed by atoms with E-state index in [1.54, 1.807) is 11.1 Å². The summed E-state index contributed by atoms with van der Waals surface area (Å²) >= 11 is 0. The number of rotatable bonds is 3. The minimum absolute atomic E-state index is 0.584. The van der Waals surface area contributed by atoms with E-state index in [1.807, 2.05) is 0 Å². The van der Waals surface area contributed by atoms with Gasteiger partial charge in [0.1, 0.15) is 0 Å². The monoisotopic (exact) mass is 320 g/mol. The highest BCUT2D eigenvalue weighted by Crippen LogP contribution is 2.63. The zero-order chi connectivity index (χ0) is 16.9. The van der Waals surface area contributed by atoms with Crippen molar-refractivity contribution in [3.63, 3.8) is 0 Å². The summed E-state index contributed by atoms with van der Waals surface area (Å²) in [6, 6.07) is 7.40. The second-order valence-electron chi connectivity index (χ2n) is 9.28. The van der Waals surface area contributed by atoms with E-state index in [-0.39, 0.29) is 0 Å². The van der Waals surface area contributed by atoms with Gasteiger partial charge in [0.15, 0.2) is 7.28 Å². The smallest absolute Gasteiger partial charge is 0.100 e. The zero-order valence-corrected chi connectivity index (χ0v) is 15.9. The second kappa shape index (κ2) is 6.08. The molecule has 2 saturated carbocycles. The molecule has 0 aliphatic heterocycles. The molecule has 5 atom stereocenters. The quantitative estimate of drug-likeness (QED) is 0.528. The first kappa shape index (κ1) is 16.5. The standard InChI is InChI=1S/C23H33B/c1-15(2)13-17-6-10-22-21-8-5-16-14-18(24-4)7-9-19(16)20(21)11-12-23(17,22)3/h7,9,14,17,20-22,24H,1,5-6,8,10-13H2,2-4H3. The Morgan fingerprint density at radius 1 is 1.25 bits per heavy atom. The van der Waals surface area contributed by atoms with Gasteiger partial charge in [0.25, 0.3) is 0 Å². The van der Waals surface area contributed by atoms with Crippen molar-refractivity contribution in [3.8, 4) is 0 Å². The van der Waals surface area contributed by atoms with E-state index in [1.165, 1.54) is 63.3 Å². The maximum absolute atomic E-state index is 4.21. The number of aryl methyl sites for hydroxylation is 1. The van der Waals surface area contributed by atoms with Crippen molar-refractivity contribution in [1.82, 2.24) is 0 Å². The minimum atomic E-state index is 0.584. The summed E-state index contributed by atoms with van der Waals surface area (Å²) in [7, 11) is 1.17. The topological polar surface area (TPSA) is 0 Å². The molecule has 1 aromatic carbocycles. The first-order chi connectivity index (χ1) is 11.5. The van der Waals surface area contributed by atoms with Gasteiger partial charge in [-0.3, -0.25) is 0 Å². The van der Waals surface area contributed by atoms with Gasteiger partial charge in [0.05, 0.1) is 0 Å². The molecule has 0 spiro atoms. The highest BCUT2D eigenvalue weighted by Gasteiger charge is 2.54. The zero-order valence-electron chi connectivity index (χ0n) is 15.9. The molecule has 1 heteroatoms. The van der Waals surface area contributed by atoms with Crippen molar-refractivity contribution in [3.05, 3.63) is 41.5 Å². The lowest BCUT2D eigenvalue weighted by molar-refractivity contribution is 0.0286. The van der Waals surface area contributed by atoms with Crippen LogP contribution in [0.15, 0.2) is 30.4 Å². The van der Waals surface area contributed by atoms with E-state index in [9.17, 15) is 0 Å². The third-order valence-corrected chi connectivity index (χ3v) is 7.99. The van der Waals surface area contributed by atoms with Crippen LogP contribution in [0.25, 0.3) is 0 Å². The van der Waals surface area contributed by atoms with Gasteiger partial charge < -0.3 is 0 Å². The summed E-state index contributed by atoms with van der Waals surface area (Å²) in [6.45, 7) is 11.3.